The average Bonchev–Trinajstić information content (AvgIpc) is 3.12. The molecule has 0 aliphatic rings. The first-order chi connectivity index (χ1) is 12.5. The van der Waals surface area contributed by atoms with Gasteiger partial charge in [-0.2, -0.15) is 10.2 Å². The van der Waals surface area contributed by atoms with Crippen molar-refractivity contribution in [2.45, 2.75) is 33.2 Å². The molecule has 0 saturated heterocycles. The largest absolute Gasteiger partial charge is 0.496 e. The molecule has 2 heterocycles. The number of carbonyl (C=O) groups is 1. The number of H-pyrrole nitrogens is 1. The highest BCUT2D eigenvalue weighted by Gasteiger charge is 2.17. The molecule has 0 spiro atoms. The molecular formula is C18H21N5O3. The summed E-state index contributed by atoms with van der Waals surface area (Å²) in [6.45, 7) is 3.61. The fraction of sp³-hybridized carbons (Fsp3) is 0.333. The SMILES string of the molecule is COc1ccccc1Cc1nc(Cc2c(C)n[nH]c2C)n(CC(=O)O)n1. The van der Waals surface area contributed by atoms with Gasteiger partial charge in [0.1, 0.15) is 18.1 Å². The number of benzene rings is 1. The van der Waals surface area contributed by atoms with Crippen LogP contribution in [-0.4, -0.2) is 43.1 Å². The molecule has 8 heteroatoms. The Morgan fingerprint density at radius 1 is 1.27 bits per heavy atom. The maximum atomic E-state index is 11.2. The van der Waals surface area contributed by atoms with Gasteiger partial charge in [0.2, 0.25) is 0 Å². The van der Waals surface area contributed by atoms with Crippen LogP contribution in [0.1, 0.15) is 34.2 Å². The minimum absolute atomic E-state index is 0.232. The first-order valence-corrected chi connectivity index (χ1v) is 8.24. The number of aromatic amines is 1. The number of carboxylic acid groups (broad SMARTS) is 1. The minimum atomic E-state index is -0.958. The van der Waals surface area contributed by atoms with Crippen LogP contribution in [0.5, 0.6) is 5.75 Å². The Kier molecular flexibility index (Phi) is 5.01. The standard InChI is InChI=1S/C18H21N5O3/c1-11-14(12(2)21-20-11)9-17-19-16(22-23(17)10-18(24)25)8-13-6-4-5-7-15(13)26-3/h4-7H,8-10H2,1-3H3,(H,20,21)(H,24,25). The molecule has 0 saturated carbocycles. The van der Waals surface area contributed by atoms with E-state index >= 15 is 0 Å². The van der Waals surface area contributed by atoms with Crippen LogP contribution in [0.3, 0.4) is 0 Å². The molecule has 0 aliphatic carbocycles. The highest BCUT2D eigenvalue weighted by Crippen LogP contribution is 2.21. The lowest BCUT2D eigenvalue weighted by Crippen LogP contribution is -2.14. The molecule has 0 bridgehead atoms. The summed E-state index contributed by atoms with van der Waals surface area (Å²) in [6.07, 6.45) is 0.938. The molecule has 1 aromatic carbocycles. The van der Waals surface area contributed by atoms with Gasteiger partial charge < -0.3 is 9.84 Å². The van der Waals surface area contributed by atoms with E-state index in [1.807, 2.05) is 38.1 Å². The molecule has 0 aliphatic heterocycles. The summed E-state index contributed by atoms with van der Waals surface area (Å²) >= 11 is 0. The third kappa shape index (κ3) is 3.74. The van der Waals surface area contributed by atoms with Crippen LogP contribution in [0.15, 0.2) is 24.3 Å². The molecule has 3 rings (SSSR count). The maximum absolute atomic E-state index is 11.2. The number of methoxy groups -OCH3 is 1. The van der Waals surface area contributed by atoms with Crippen molar-refractivity contribution in [1.29, 1.82) is 0 Å². The zero-order chi connectivity index (χ0) is 18.7. The van der Waals surface area contributed by atoms with E-state index in [2.05, 4.69) is 20.3 Å². The number of para-hydroxylation sites is 1. The van der Waals surface area contributed by atoms with E-state index in [1.54, 1.807) is 7.11 Å². The Balaban J connectivity index is 1.92. The van der Waals surface area contributed by atoms with Gasteiger partial charge in [-0.1, -0.05) is 18.2 Å². The summed E-state index contributed by atoms with van der Waals surface area (Å²) in [5, 5.41) is 20.7. The summed E-state index contributed by atoms with van der Waals surface area (Å²) in [7, 11) is 1.62. The summed E-state index contributed by atoms with van der Waals surface area (Å²) in [4.78, 5) is 15.8. The number of rotatable bonds is 7. The maximum Gasteiger partial charge on any atom is 0.325 e. The summed E-state index contributed by atoms with van der Waals surface area (Å²) in [6, 6.07) is 7.64. The highest BCUT2D eigenvalue weighted by atomic mass is 16.5. The monoisotopic (exact) mass is 355 g/mol. The zero-order valence-corrected chi connectivity index (χ0v) is 15.0. The van der Waals surface area contributed by atoms with Gasteiger partial charge in [0.05, 0.1) is 12.8 Å². The number of aromatic nitrogens is 5. The van der Waals surface area contributed by atoms with Crippen LogP contribution in [0, 0.1) is 13.8 Å². The van der Waals surface area contributed by atoms with E-state index in [-0.39, 0.29) is 6.54 Å². The van der Waals surface area contributed by atoms with Crippen molar-refractivity contribution in [2.75, 3.05) is 7.11 Å². The van der Waals surface area contributed by atoms with Gasteiger partial charge in [0.15, 0.2) is 5.82 Å². The molecule has 0 amide bonds. The van der Waals surface area contributed by atoms with Gasteiger partial charge in [0, 0.05) is 29.7 Å². The van der Waals surface area contributed by atoms with E-state index in [9.17, 15) is 9.90 Å². The quantitative estimate of drug-likeness (QED) is 0.670. The van der Waals surface area contributed by atoms with E-state index in [0.717, 1.165) is 28.3 Å². The van der Waals surface area contributed by atoms with Crippen LogP contribution in [0.25, 0.3) is 0 Å². The normalized spacial score (nSPS) is 10.9. The summed E-state index contributed by atoms with van der Waals surface area (Å²) < 4.78 is 6.81. The van der Waals surface area contributed by atoms with Gasteiger partial charge in [-0.25, -0.2) is 9.67 Å². The van der Waals surface area contributed by atoms with Gasteiger partial charge >= 0.3 is 5.97 Å². The van der Waals surface area contributed by atoms with Crippen molar-refractivity contribution in [3.05, 3.63) is 58.4 Å². The molecule has 0 atom stereocenters. The molecule has 2 N–H and O–H groups in total. The average molecular weight is 355 g/mol. The van der Waals surface area contributed by atoms with Gasteiger partial charge in [-0.05, 0) is 19.9 Å². The van der Waals surface area contributed by atoms with Crippen molar-refractivity contribution < 1.29 is 14.6 Å². The van der Waals surface area contributed by atoms with Crippen molar-refractivity contribution in [3.63, 3.8) is 0 Å². The van der Waals surface area contributed by atoms with Crippen LogP contribution in [0.4, 0.5) is 0 Å². The van der Waals surface area contributed by atoms with Gasteiger partial charge in [-0.3, -0.25) is 9.89 Å². The Morgan fingerprint density at radius 2 is 2.04 bits per heavy atom. The predicted octanol–water partition coefficient (Wildman–Crippen LogP) is 1.89. The third-order valence-corrected chi connectivity index (χ3v) is 4.23. The number of hydrogen-bond donors (Lipinski definition) is 2. The molecule has 136 valence electrons. The van der Waals surface area contributed by atoms with E-state index in [0.29, 0.717) is 24.5 Å². The number of aliphatic carboxylic acids is 1. The van der Waals surface area contributed by atoms with E-state index in [4.69, 9.17) is 4.74 Å². The second kappa shape index (κ2) is 7.38. The Morgan fingerprint density at radius 3 is 2.69 bits per heavy atom. The third-order valence-electron chi connectivity index (χ3n) is 4.23. The van der Waals surface area contributed by atoms with Crippen molar-refractivity contribution in [2.24, 2.45) is 0 Å². The lowest BCUT2D eigenvalue weighted by molar-refractivity contribution is -0.137. The lowest BCUT2D eigenvalue weighted by atomic mass is 10.1. The number of nitrogens with one attached hydrogen (secondary N) is 1. The first-order valence-electron chi connectivity index (χ1n) is 8.24. The fourth-order valence-electron chi connectivity index (χ4n) is 2.90. The van der Waals surface area contributed by atoms with Crippen LogP contribution >= 0.6 is 0 Å². The first kappa shape index (κ1) is 17.7. The van der Waals surface area contributed by atoms with Crippen LogP contribution in [-0.2, 0) is 24.2 Å². The molecule has 8 nitrogen and oxygen atoms in total. The van der Waals surface area contributed by atoms with E-state index < -0.39 is 5.97 Å². The fourth-order valence-corrected chi connectivity index (χ4v) is 2.90. The lowest BCUT2D eigenvalue weighted by Gasteiger charge is -2.05. The highest BCUT2D eigenvalue weighted by molar-refractivity contribution is 5.66. The van der Waals surface area contributed by atoms with Gasteiger partial charge in [0.25, 0.3) is 0 Å². The zero-order valence-electron chi connectivity index (χ0n) is 15.0. The molecule has 3 aromatic rings. The Labute approximate surface area is 150 Å². The number of ether oxygens (including phenoxy) is 1. The van der Waals surface area contributed by atoms with Crippen molar-refractivity contribution in [3.8, 4) is 5.75 Å². The smallest absolute Gasteiger partial charge is 0.325 e. The molecule has 0 fully saturated rings. The minimum Gasteiger partial charge on any atom is -0.496 e. The van der Waals surface area contributed by atoms with Crippen LogP contribution < -0.4 is 4.74 Å². The van der Waals surface area contributed by atoms with E-state index in [1.165, 1.54) is 4.68 Å². The van der Waals surface area contributed by atoms with Gasteiger partial charge in [-0.15, -0.1) is 0 Å². The second-order valence-electron chi connectivity index (χ2n) is 6.07. The molecular weight excluding hydrogens is 334 g/mol. The summed E-state index contributed by atoms with van der Waals surface area (Å²) in [5.74, 6) is 0.959. The van der Waals surface area contributed by atoms with Crippen molar-refractivity contribution >= 4 is 5.97 Å². The summed E-state index contributed by atoms with van der Waals surface area (Å²) in [5.41, 5.74) is 3.77. The number of nitrogens with zero attached hydrogens (tertiary/aromatic N) is 4. The number of hydrogen-bond acceptors (Lipinski definition) is 5. The Bertz CT molecular complexity index is 909. The molecule has 2 aromatic heterocycles. The Hall–Kier alpha value is -3.16. The molecule has 0 unspecified atom stereocenters. The predicted molar refractivity (Wildman–Crippen MR) is 94.3 cm³/mol. The second-order valence-corrected chi connectivity index (χ2v) is 6.07. The van der Waals surface area contributed by atoms with Crippen LogP contribution in [0.2, 0.25) is 0 Å². The molecule has 0 radical (unpaired) electrons. The number of aryl methyl sites for hydroxylation is 2. The topological polar surface area (TPSA) is 106 Å². The molecule has 26 heavy (non-hydrogen) atoms. The number of carboxylic acids is 1. The van der Waals surface area contributed by atoms with Crippen molar-refractivity contribution in [1.82, 2.24) is 25.0 Å².